The number of hydrogen-bond acceptors (Lipinski definition) is 4. The summed E-state index contributed by atoms with van der Waals surface area (Å²) in [6.45, 7) is 0.587. The van der Waals surface area contributed by atoms with Gasteiger partial charge in [0.25, 0.3) is 0 Å². The molecule has 6 nitrogen and oxygen atoms in total. The van der Waals surface area contributed by atoms with Gasteiger partial charge in [0.1, 0.15) is 4.90 Å². The molecule has 0 radical (unpaired) electrons. The predicted octanol–water partition coefficient (Wildman–Crippen LogP) is 0.598. The highest BCUT2D eigenvalue weighted by molar-refractivity contribution is 7.89. The van der Waals surface area contributed by atoms with Gasteiger partial charge in [-0.1, -0.05) is 6.07 Å². The van der Waals surface area contributed by atoms with Gasteiger partial charge < -0.3 is 5.73 Å². The van der Waals surface area contributed by atoms with Crippen molar-refractivity contribution in [2.75, 3.05) is 6.54 Å². The lowest BCUT2D eigenvalue weighted by molar-refractivity contribution is 0.506. The van der Waals surface area contributed by atoms with Crippen molar-refractivity contribution in [2.45, 2.75) is 18.0 Å². The molecule has 2 rings (SSSR count). The van der Waals surface area contributed by atoms with E-state index in [2.05, 4.69) is 9.82 Å². The number of nitrogens with one attached hydrogen (secondary N) is 1. The van der Waals surface area contributed by atoms with Crippen molar-refractivity contribution in [1.29, 1.82) is 0 Å². The zero-order valence-electron chi connectivity index (χ0n) is 11.0. The molecule has 0 atom stereocenters. The summed E-state index contributed by atoms with van der Waals surface area (Å²) in [5, 5.41) is 3.86. The summed E-state index contributed by atoms with van der Waals surface area (Å²) in [6.07, 6.45) is 2.55. The molecule has 0 bridgehead atoms. The molecule has 0 fully saturated rings. The molecular formula is C12H14F2N4O2S. The van der Waals surface area contributed by atoms with Crippen LogP contribution in [0, 0.1) is 11.6 Å². The molecule has 0 amide bonds. The Morgan fingerprint density at radius 2 is 2.05 bits per heavy atom. The smallest absolute Gasteiger partial charge is 0.243 e. The second-order valence-corrected chi connectivity index (χ2v) is 6.07. The van der Waals surface area contributed by atoms with Crippen molar-refractivity contribution in [2.24, 2.45) is 5.73 Å². The van der Waals surface area contributed by atoms with Crippen molar-refractivity contribution < 1.29 is 17.2 Å². The van der Waals surface area contributed by atoms with Gasteiger partial charge in [-0.15, -0.1) is 0 Å². The van der Waals surface area contributed by atoms with E-state index in [1.54, 1.807) is 0 Å². The predicted molar refractivity (Wildman–Crippen MR) is 71.7 cm³/mol. The van der Waals surface area contributed by atoms with Crippen molar-refractivity contribution in [3.63, 3.8) is 0 Å². The fourth-order valence-electron chi connectivity index (χ4n) is 1.65. The Balaban J connectivity index is 2.08. The zero-order valence-corrected chi connectivity index (χ0v) is 11.8. The Morgan fingerprint density at radius 1 is 1.29 bits per heavy atom. The van der Waals surface area contributed by atoms with Crippen molar-refractivity contribution in [3.05, 3.63) is 47.8 Å². The third-order valence-electron chi connectivity index (χ3n) is 2.73. The van der Waals surface area contributed by atoms with Crippen LogP contribution >= 0.6 is 0 Å². The lowest BCUT2D eigenvalue weighted by Crippen LogP contribution is -2.23. The Labute approximate surface area is 120 Å². The van der Waals surface area contributed by atoms with Crippen LogP contribution in [0.2, 0.25) is 0 Å². The number of rotatable bonds is 6. The van der Waals surface area contributed by atoms with Crippen molar-refractivity contribution in [3.8, 4) is 0 Å². The zero-order chi connectivity index (χ0) is 15.5. The van der Waals surface area contributed by atoms with Gasteiger partial charge in [-0.05, 0) is 17.7 Å². The van der Waals surface area contributed by atoms with E-state index in [1.807, 2.05) is 0 Å². The van der Waals surface area contributed by atoms with Gasteiger partial charge in [0.15, 0.2) is 11.6 Å². The molecule has 0 aliphatic rings. The van der Waals surface area contributed by atoms with Crippen LogP contribution in [0.15, 0.2) is 35.5 Å². The van der Waals surface area contributed by atoms with Crippen LogP contribution in [0.3, 0.4) is 0 Å². The number of nitrogens with zero attached hydrogens (tertiary/aromatic N) is 2. The first-order valence-electron chi connectivity index (χ1n) is 6.08. The minimum absolute atomic E-state index is 0.0152. The molecule has 114 valence electrons. The van der Waals surface area contributed by atoms with Crippen LogP contribution in [0.1, 0.15) is 5.56 Å². The van der Waals surface area contributed by atoms with Gasteiger partial charge in [0.2, 0.25) is 10.0 Å². The minimum Gasteiger partial charge on any atom is -0.329 e. The molecule has 21 heavy (non-hydrogen) atoms. The lowest BCUT2D eigenvalue weighted by atomic mass is 10.2. The number of nitrogens with two attached hydrogens (primary N) is 1. The molecule has 1 heterocycles. The second kappa shape index (κ2) is 6.29. The summed E-state index contributed by atoms with van der Waals surface area (Å²) in [7, 11) is -3.77. The molecule has 9 heteroatoms. The molecule has 1 aromatic heterocycles. The Morgan fingerprint density at radius 3 is 2.71 bits per heavy atom. The fourth-order valence-corrected chi connectivity index (χ4v) is 2.62. The summed E-state index contributed by atoms with van der Waals surface area (Å²) in [5.41, 5.74) is 5.66. The molecule has 0 saturated heterocycles. The first kappa shape index (κ1) is 15.5. The SMILES string of the molecule is NCCn1cc(S(=O)(=O)NCc2ccc(F)c(F)c2)cn1. The number of sulfonamides is 1. The van der Waals surface area contributed by atoms with E-state index in [4.69, 9.17) is 5.73 Å². The van der Waals surface area contributed by atoms with Crippen molar-refractivity contribution >= 4 is 10.0 Å². The minimum atomic E-state index is -3.77. The molecule has 0 aliphatic heterocycles. The van der Waals surface area contributed by atoms with E-state index in [-0.39, 0.29) is 11.4 Å². The number of halogens is 2. The van der Waals surface area contributed by atoms with E-state index in [1.165, 1.54) is 23.1 Å². The number of aromatic nitrogens is 2. The maximum Gasteiger partial charge on any atom is 0.243 e. The summed E-state index contributed by atoms with van der Waals surface area (Å²) in [6, 6.07) is 3.19. The summed E-state index contributed by atoms with van der Waals surface area (Å²) in [4.78, 5) is -0.0152. The quantitative estimate of drug-likeness (QED) is 0.816. The average molecular weight is 316 g/mol. The molecular weight excluding hydrogens is 302 g/mol. The molecule has 2 aromatic rings. The first-order valence-corrected chi connectivity index (χ1v) is 7.57. The van der Waals surface area contributed by atoms with Crippen LogP contribution in [0.4, 0.5) is 8.78 Å². The monoisotopic (exact) mass is 316 g/mol. The highest BCUT2D eigenvalue weighted by atomic mass is 32.2. The third kappa shape index (κ3) is 3.84. The van der Waals surface area contributed by atoms with Crippen LogP contribution < -0.4 is 10.5 Å². The summed E-state index contributed by atoms with van der Waals surface area (Å²) in [5.74, 6) is -2.01. The normalized spacial score (nSPS) is 11.8. The van der Waals surface area contributed by atoms with Gasteiger partial charge in [-0.3, -0.25) is 4.68 Å². The topological polar surface area (TPSA) is 90.0 Å². The Bertz CT molecular complexity index is 731. The maximum atomic E-state index is 13.0. The van der Waals surface area contributed by atoms with E-state index in [0.717, 1.165) is 12.1 Å². The third-order valence-corrected chi connectivity index (χ3v) is 4.08. The second-order valence-electron chi connectivity index (χ2n) is 4.30. The molecule has 0 saturated carbocycles. The summed E-state index contributed by atoms with van der Waals surface area (Å²) < 4.78 is 53.5. The number of hydrogen-bond donors (Lipinski definition) is 2. The van der Waals surface area contributed by atoms with Gasteiger partial charge in [-0.2, -0.15) is 5.10 Å². The first-order chi connectivity index (χ1) is 9.92. The van der Waals surface area contributed by atoms with E-state index >= 15 is 0 Å². The van der Waals surface area contributed by atoms with Crippen LogP contribution in [-0.4, -0.2) is 24.7 Å². The maximum absolute atomic E-state index is 13.0. The van der Waals surface area contributed by atoms with Gasteiger partial charge >= 0.3 is 0 Å². The molecule has 0 spiro atoms. The lowest BCUT2D eigenvalue weighted by Gasteiger charge is -2.05. The Hall–Kier alpha value is -1.84. The van der Waals surface area contributed by atoms with Crippen molar-refractivity contribution in [1.82, 2.24) is 14.5 Å². The molecule has 0 unspecified atom stereocenters. The van der Waals surface area contributed by atoms with E-state index in [9.17, 15) is 17.2 Å². The molecule has 0 aliphatic carbocycles. The number of benzene rings is 1. The fraction of sp³-hybridized carbons (Fsp3) is 0.250. The standard InChI is InChI=1S/C12H14F2N4O2S/c13-11-2-1-9(5-12(11)14)6-17-21(19,20)10-7-16-18(8-10)4-3-15/h1-2,5,7-8,17H,3-4,6,15H2. The highest BCUT2D eigenvalue weighted by Gasteiger charge is 2.16. The largest absolute Gasteiger partial charge is 0.329 e. The van der Waals surface area contributed by atoms with Crippen LogP contribution in [-0.2, 0) is 23.1 Å². The van der Waals surface area contributed by atoms with E-state index < -0.39 is 21.7 Å². The van der Waals surface area contributed by atoms with Crippen LogP contribution in [0.5, 0.6) is 0 Å². The Kier molecular flexibility index (Phi) is 4.66. The summed E-state index contributed by atoms with van der Waals surface area (Å²) >= 11 is 0. The van der Waals surface area contributed by atoms with Gasteiger partial charge in [0.05, 0.1) is 12.7 Å². The molecule has 1 aromatic carbocycles. The van der Waals surface area contributed by atoms with E-state index in [0.29, 0.717) is 18.7 Å². The van der Waals surface area contributed by atoms with Gasteiger partial charge in [-0.25, -0.2) is 21.9 Å². The average Bonchev–Trinajstić information content (AvgIpc) is 2.90. The van der Waals surface area contributed by atoms with Gasteiger partial charge in [0, 0.05) is 19.3 Å². The van der Waals surface area contributed by atoms with Crippen LogP contribution in [0.25, 0.3) is 0 Å². The molecule has 3 N–H and O–H groups in total. The highest BCUT2D eigenvalue weighted by Crippen LogP contribution is 2.11.